The maximum absolute atomic E-state index is 12.2. The van der Waals surface area contributed by atoms with Crippen LogP contribution in [0, 0.1) is 0 Å². The van der Waals surface area contributed by atoms with Gasteiger partial charge in [0.1, 0.15) is 0 Å². The van der Waals surface area contributed by atoms with E-state index in [1.165, 1.54) is 7.11 Å². The van der Waals surface area contributed by atoms with E-state index in [-0.39, 0.29) is 6.42 Å². The van der Waals surface area contributed by atoms with Crippen LogP contribution in [0.1, 0.15) is 29.5 Å². The number of carbonyl (C=O) groups excluding carboxylic acids is 2. The van der Waals surface area contributed by atoms with Crippen LogP contribution in [-0.2, 0) is 25.5 Å². The minimum Gasteiger partial charge on any atom is -0.466 e. The smallest absolute Gasteiger partial charge is 0.351 e. The Morgan fingerprint density at radius 3 is 2.54 bits per heavy atom. The second-order valence-corrected chi connectivity index (χ2v) is 6.85. The quantitative estimate of drug-likeness (QED) is 0.587. The van der Waals surface area contributed by atoms with Gasteiger partial charge in [0, 0.05) is 12.0 Å². The highest BCUT2D eigenvalue weighted by Gasteiger charge is 2.25. The predicted molar refractivity (Wildman–Crippen MR) is 99.8 cm³/mol. The molecule has 0 radical (unpaired) electrons. The third-order valence-corrected chi connectivity index (χ3v) is 4.97. The van der Waals surface area contributed by atoms with Crippen LogP contribution < -0.4 is 0 Å². The average molecular weight is 369 g/mol. The Hall–Kier alpha value is -2.73. The zero-order chi connectivity index (χ0) is 18.4. The number of aromatic nitrogens is 1. The van der Waals surface area contributed by atoms with Gasteiger partial charge in [-0.25, -0.2) is 9.78 Å². The van der Waals surface area contributed by atoms with Crippen molar-refractivity contribution >= 4 is 33.5 Å². The minimum absolute atomic E-state index is 0.219. The summed E-state index contributed by atoms with van der Waals surface area (Å²) in [7, 11) is 1.28. The highest BCUT2D eigenvalue weighted by molar-refractivity contribution is 7.18. The fraction of sp³-hybridized carbons (Fsp3) is 0.250. The number of benzene rings is 2. The molecule has 1 unspecified atom stereocenters. The van der Waals surface area contributed by atoms with E-state index in [0.717, 1.165) is 15.2 Å². The SMILES string of the molecule is COC(=O)C(OC(=O)CCCc1nc2ccccc2s1)c1ccccc1. The Balaban J connectivity index is 1.55. The maximum atomic E-state index is 12.2. The molecular formula is C20H19NO4S. The number of ether oxygens (including phenoxy) is 2. The summed E-state index contributed by atoms with van der Waals surface area (Å²) in [5.74, 6) is -1.01. The summed E-state index contributed by atoms with van der Waals surface area (Å²) >= 11 is 1.63. The van der Waals surface area contributed by atoms with Crippen LogP contribution in [0.2, 0.25) is 0 Å². The van der Waals surface area contributed by atoms with Crippen molar-refractivity contribution in [1.29, 1.82) is 0 Å². The normalized spacial score (nSPS) is 11.9. The lowest BCUT2D eigenvalue weighted by molar-refractivity contribution is -0.166. The van der Waals surface area contributed by atoms with Crippen molar-refractivity contribution in [1.82, 2.24) is 4.98 Å². The second kappa shape index (κ2) is 8.58. The lowest BCUT2D eigenvalue weighted by Gasteiger charge is -2.15. The first kappa shape index (κ1) is 18.1. The third kappa shape index (κ3) is 4.46. The number of para-hydroxylation sites is 1. The van der Waals surface area contributed by atoms with Gasteiger partial charge in [-0.2, -0.15) is 0 Å². The van der Waals surface area contributed by atoms with Gasteiger partial charge in [0.15, 0.2) is 0 Å². The van der Waals surface area contributed by atoms with E-state index in [1.807, 2.05) is 30.3 Å². The van der Waals surface area contributed by atoms with Crippen molar-refractivity contribution in [3.63, 3.8) is 0 Å². The van der Waals surface area contributed by atoms with Gasteiger partial charge in [-0.15, -0.1) is 11.3 Å². The summed E-state index contributed by atoms with van der Waals surface area (Å²) in [6.07, 6.45) is 0.497. The predicted octanol–water partition coefficient (Wildman–Crippen LogP) is 4.08. The Labute approximate surface area is 155 Å². The molecule has 134 valence electrons. The average Bonchev–Trinajstić information content (AvgIpc) is 3.09. The Kier molecular flexibility index (Phi) is 5.96. The van der Waals surface area contributed by atoms with Gasteiger partial charge >= 0.3 is 11.9 Å². The van der Waals surface area contributed by atoms with Crippen LogP contribution in [0.15, 0.2) is 54.6 Å². The zero-order valence-electron chi connectivity index (χ0n) is 14.4. The molecule has 1 aromatic heterocycles. The number of rotatable bonds is 7. The van der Waals surface area contributed by atoms with Gasteiger partial charge in [-0.3, -0.25) is 4.79 Å². The summed E-state index contributed by atoms with van der Waals surface area (Å²) in [5.41, 5.74) is 1.57. The van der Waals surface area contributed by atoms with Crippen molar-refractivity contribution in [2.75, 3.05) is 7.11 Å². The van der Waals surface area contributed by atoms with E-state index in [4.69, 9.17) is 9.47 Å². The molecule has 26 heavy (non-hydrogen) atoms. The van der Waals surface area contributed by atoms with Gasteiger partial charge in [0.05, 0.1) is 22.3 Å². The Morgan fingerprint density at radius 1 is 1.08 bits per heavy atom. The van der Waals surface area contributed by atoms with E-state index >= 15 is 0 Å². The number of hydrogen-bond acceptors (Lipinski definition) is 6. The highest BCUT2D eigenvalue weighted by atomic mass is 32.1. The van der Waals surface area contributed by atoms with E-state index < -0.39 is 18.0 Å². The third-order valence-electron chi connectivity index (χ3n) is 3.88. The molecule has 0 aliphatic heterocycles. The summed E-state index contributed by atoms with van der Waals surface area (Å²) in [4.78, 5) is 28.6. The monoisotopic (exact) mass is 369 g/mol. The molecule has 0 bridgehead atoms. The lowest BCUT2D eigenvalue weighted by Crippen LogP contribution is -2.21. The number of hydrogen-bond donors (Lipinski definition) is 0. The van der Waals surface area contributed by atoms with Crippen LogP contribution >= 0.6 is 11.3 Å². The number of aryl methyl sites for hydroxylation is 1. The number of nitrogens with zero attached hydrogens (tertiary/aromatic N) is 1. The van der Waals surface area contributed by atoms with Crippen molar-refractivity contribution in [2.24, 2.45) is 0 Å². The van der Waals surface area contributed by atoms with Crippen molar-refractivity contribution in [3.05, 3.63) is 65.2 Å². The molecule has 5 nitrogen and oxygen atoms in total. The fourth-order valence-corrected chi connectivity index (χ4v) is 3.60. The van der Waals surface area contributed by atoms with E-state index in [1.54, 1.807) is 35.6 Å². The van der Waals surface area contributed by atoms with Crippen LogP contribution in [0.4, 0.5) is 0 Å². The van der Waals surface area contributed by atoms with Gasteiger partial charge in [-0.1, -0.05) is 42.5 Å². The topological polar surface area (TPSA) is 65.5 Å². The first-order valence-corrected chi connectivity index (χ1v) is 9.15. The number of thiazole rings is 1. The molecule has 3 rings (SSSR count). The molecule has 0 spiro atoms. The summed E-state index contributed by atoms with van der Waals surface area (Å²) in [5, 5.41) is 0.992. The molecule has 1 atom stereocenters. The minimum atomic E-state index is -1.03. The number of carbonyl (C=O) groups is 2. The summed E-state index contributed by atoms with van der Waals surface area (Å²) in [6.45, 7) is 0. The number of esters is 2. The van der Waals surface area contributed by atoms with E-state index in [2.05, 4.69) is 4.98 Å². The molecule has 0 aliphatic rings. The molecule has 2 aromatic carbocycles. The molecule has 0 aliphatic carbocycles. The molecule has 0 fully saturated rings. The molecule has 3 aromatic rings. The molecule has 0 N–H and O–H groups in total. The molecule has 1 heterocycles. The molecule has 0 saturated carbocycles. The Morgan fingerprint density at radius 2 is 1.81 bits per heavy atom. The van der Waals surface area contributed by atoms with Crippen LogP contribution in [0.25, 0.3) is 10.2 Å². The lowest BCUT2D eigenvalue weighted by atomic mass is 10.1. The second-order valence-electron chi connectivity index (χ2n) is 5.73. The van der Waals surface area contributed by atoms with Crippen molar-refractivity contribution in [2.45, 2.75) is 25.4 Å². The van der Waals surface area contributed by atoms with E-state index in [0.29, 0.717) is 18.4 Å². The Bertz CT molecular complexity index is 858. The van der Waals surface area contributed by atoms with Gasteiger partial charge in [0.2, 0.25) is 6.10 Å². The van der Waals surface area contributed by atoms with Gasteiger partial charge < -0.3 is 9.47 Å². The largest absolute Gasteiger partial charge is 0.466 e. The van der Waals surface area contributed by atoms with Crippen LogP contribution in [-0.4, -0.2) is 24.0 Å². The fourth-order valence-electron chi connectivity index (χ4n) is 2.59. The van der Waals surface area contributed by atoms with E-state index in [9.17, 15) is 9.59 Å². The standard InChI is InChI=1S/C20H19NO4S/c1-24-20(23)19(14-8-3-2-4-9-14)25-18(22)13-7-12-17-21-15-10-5-6-11-16(15)26-17/h2-6,8-11,19H,7,12-13H2,1H3. The maximum Gasteiger partial charge on any atom is 0.351 e. The van der Waals surface area contributed by atoms with Crippen molar-refractivity contribution < 1.29 is 19.1 Å². The first-order chi connectivity index (χ1) is 12.7. The van der Waals surface area contributed by atoms with Gasteiger partial charge in [0.25, 0.3) is 0 Å². The highest BCUT2D eigenvalue weighted by Crippen LogP contribution is 2.23. The molecule has 0 saturated heterocycles. The number of methoxy groups -OCH3 is 1. The van der Waals surface area contributed by atoms with Gasteiger partial charge in [-0.05, 0) is 25.0 Å². The zero-order valence-corrected chi connectivity index (χ0v) is 15.2. The molecule has 0 amide bonds. The molecular weight excluding hydrogens is 350 g/mol. The van der Waals surface area contributed by atoms with Crippen molar-refractivity contribution in [3.8, 4) is 0 Å². The molecule has 6 heteroatoms. The summed E-state index contributed by atoms with van der Waals surface area (Å²) in [6, 6.07) is 16.8. The number of fused-ring (bicyclic) bond motifs is 1. The van der Waals surface area contributed by atoms with Crippen LogP contribution in [0.3, 0.4) is 0 Å². The van der Waals surface area contributed by atoms with Crippen LogP contribution in [0.5, 0.6) is 0 Å². The summed E-state index contributed by atoms with van der Waals surface area (Å²) < 4.78 is 11.2. The first-order valence-electron chi connectivity index (χ1n) is 8.34.